The van der Waals surface area contributed by atoms with E-state index in [4.69, 9.17) is 8.98 Å². The van der Waals surface area contributed by atoms with Crippen LogP contribution in [0.15, 0.2) is 29.2 Å². The SMILES string of the molecule is CCCCO[SiH2]c1ccc(S(=O)(=O)O)cc1. The van der Waals surface area contributed by atoms with Crippen LogP contribution in [0.4, 0.5) is 0 Å². The number of benzene rings is 1. The second-order valence-corrected chi connectivity index (χ2v) is 6.46. The van der Waals surface area contributed by atoms with Gasteiger partial charge in [-0.15, -0.1) is 0 Å². The lowest BCUT2D eigenvalue weighted by Crippen LogP contribution is -2.18. The first-order valence-corrected chi connectivity index (χ1v) is 7.90. The molecule has 0 saturated carbocycles. The largest absolute Gasteiger partial charge is 0.419 e. The molecule has 0 amide bonds. The van der Waals surface area contributed by atoms with E-state index >= 15 is 0 Å². The molecule has 0 aromatic heterocycles. The first-order valence-electron chi connectivity index (χ1n) is 5.18. The summed E-state index contributed by atoms with van der Waals surface area (Å²) in [7, 11) is -4.84. The molecule has 0 fully saturated rings. The molecule has 0 aliphatic rings. The zero-order valence-electron chi connectivity index (χ0n) is 9.22. The molecule has 0 aliphatic carbocycles. The summed E-state index contributed by atoms with van der Waals surface area (Å²) in [6.07, 6.45) is 2.16. The minimum Gasteiger partial charge on any atom is -0.419 e. The summed E-state index contributed by atoms with van der Waals surface area (Å²) in [6.45, 7) is 2.87. The molecule has 0 spiro atoms. The molecule has 4 nitrogen and oxygen atoms in total. The van der Waals surface area contributed by atoms with Crippen molar-refractivity contribution in [3.63, 3.8) is 0 Å². The van der Waals surface area contributed by atoms with E-state index in [9.17, 15) is 8.42 Å². The zero-order valence-corrected chi connectivity index (χ0v) is 11.4. The van der Waals surface area contributed by atoms with Gasteiger partial charge in [0.05, 0.1) is 4.90 Å². The average molecular weight is 260 g/mol. The highest BCUT2D eigenvalue weighted by Gasteiger charge is 2.08. The number of hydrogen-bond donors (Lipinski definition) is 1. The van der Waals surface area contributed by atoms with Crippen LogP contribution in [0, 0.1) is 0 Å². The second kappa shape index (κ2) is 6.14. The van der Waals surface area contributed by atoms with Crippen molar-refractivity contribution in [1.82, 2.24) is 0 Å². The van der Waals surface area contributed by atoms with Crippen molar-refractivity contribution >= 4 is 25.1 Å². The molecule has 1 rings (SSSR count). The van der Waals surface area contributed by atoms with Gasteiger partial charge in [0.25, 0.3) is 10.1 Å². The van der Waals surface area contributed by atoms with Gasteiger partial charge in [0.1, 0.15) is 0 Å². The molecule has 0 radical (unpaired) electrons. The summed E-state index contributed by atoms with van der Waals surface area (Å²) in [4.78, 5) is -0.0705. The summed E-state index contributed by atoms with van der Waals surface area (Å²) in [6, 6.07) is 6.20. The van der Waals surface area contributed by atoms with Crippen LogP contribution in [0.25, 0.3) is 0 Å². The molecule has 1 aromatic carbocycles. The summed E-state index contributed by atoms with van der Waals surface area (Å²) in [5.41, 5.74) is 0. The minimum absolute atomic E-state index is 0.0705. The van der Waals surface area contributed by atoms with Crippen molar-refractivity contribution in [1.29, 1.82) is 0 Å². The Morgan fingerprint density at radius 2 is 1.94 bits per heavy atom. The molecule has 0 heterocycles. The standard InChI is InChI=1S/C10H16O4SSi/c1-2-3-8-14-16-10-6-4-9(5-7-10)15(11,12)13/h4-7H,2-3,8,16H2,1H3,(H,11,12,13). The van der Waals surface area contributed by atoms with E-state index in [1.807, 2.05) is 0 Å². The number of rotatable bonds is 6. The maximum absolute atomic E-state index is 10.8. The van der Waals surface area contributed by atoms with Gasteiger partial charge >= 0.3 is 0 Å². The maximum Gasteiger partial charge on any atom is 0.294 e. The molecule has 16 heavy (non-hydrogen) atoms. The van der Waals surface area contributed by atoms with Crippen molar-refractivity contribution in [2.24, 2.45) is 0 Å². The fourth-order valence-electron chi connectivity index (χ4n) is 1.19. The molecule has 1 aromatic rings. The molecular formula is C10H16O4SSi. The smallest absolute Gasteiger partial charge is 0.294 e. The Labute approximate surface area is 98.3 Å². The summed E-state index contributed by atoms with van der Waals surface area (Å²) in [5.74, 6) is 0. The van der Waals surface area contributed by atoms with Crippen molar-refractivity contribution in [2.75, 3.05) is 6.61 Å². The van der Waals surface area contributed by atoms with Crippen LogP contribution >= 0.6 is 0 Å². The highest BCUT2D eigenvalue weighted by molar-refractivity contribution is 7.85. The van der Waals surface area contributed by atoms with Crippen LogP contribution in [0.2, 0.25) is 0 Å². The summed E-state index contributed by atoms with van der Waals surface area (Å²) >= 11 is 0. The predicted molar refractivity (Wildman–Crippen MR) is 65.3 cm³/mol. The lowest BCUT2D eigenvalue weighted by Gasteiger charge is -2.03. The highest BCUT2D eigenvalue weighted by atomic mass is 32.2. The quantitative estimate of drug-likeness (QED) is 0.458. The predicted octanol–water partition coefficient (Wildman–Crippen LogP) is 0.459. The van der Waals surface area contributed by atoms with Gasteiger partial charge in [-0.3, -0.25) is 4.55 Å². The lowest BCUT2D eigenvalue weighted by molar-refractivity contribution is 0.332. The minimum atomic E-state index is -4.07. The maximum atomic E-state index is 10.8. The first kappa shape index (κ1) is 13.4. The first-order chi connectivity index (χ1) is 7.54. The molecular weight excluding hydrogens is 244 g/mol. The topological polar surface area (TPSA) is 63.6 Å². The Bertz CT molecular complexity index is 413. The van der Waals surface area contributed by atoms with E-state index in [1.54, 1.807) is 12.1 Å². The fourth-order valence-corrected chi connectivity index (χ4v) is 2.69. The van der Waals surface area contributed by atoms with Gasteiger partial charge in [-0.2, -0.15) is 8.42 Å². The lowest BCUT2D eigenvalue weighted by atomic mass is 10.4. The van der Waals surface area contributed by atoms with E-state index in [-0.39, 0.29) is 4.90 Å². The van der Waals surface area contributed by atoms with Crippen LogP contribution in [0.5, 0.6) is 0 Å². The van der Waals surface area contributed by atoms with Gasteiger partial charge in [-0.1, -0.05) is 25.5 Å². The third-order valence-corrected chi connectivity index (χ3v) is 4.30. The summed E-state index contributed by atoms with van der Waals surface area (Å²) < 4.78 is 35.8. The zero-order chi connectivity index (χ0) is 12.0. The Balaban J connectivity index is 2.52. The molecule has 1 N–H and O–H groups in total. The van der Waals surface area contributed by atoms with Gasteiger partial charge in [0.2, 0.25) is 0 Å². The third-order valence-electron chi connectivity index (χ3n) is 2.13. The van der Waals surface area contributed by atoms with Crippen molar-refractivity contribution < 1.29 is 17.4 Å². The van der Waals surface area contributed by atoms with Gasteiger partial charge < -0.3 is 4.43 Å². The number of hydrogen-bond acceptors (Lipinski definition) is 3. The van der Waals surface area contributed by atoms with E-state index < -0.39 is 19.9 Å². The second-order valence-electron chi connectivity index (χ2n) is 3.53. The van der Waals surface area contributed by atoms with Crippen LogP contribution in [0.3, 0.4) is 0 Å². The highest BCUT2D eigenvalue weighted by Crippen LogP contribution is 2.04. The van der Waals surface area contributed by atoms with Crippen molar-refractivity contribution in [2.45, 2.75) is 24.7 Å². The van der Waals surface area contributed by atoms with Crippen LogP contribution in [0.1, 0.15) is 19.8 Å². The molecule has 0 bridgehead atoms. The average Bonchev–Trinajstić information content (AvgIpc) is 2.24. The summed E-state index contributed by atoms with van der Waals surface area (Å²) in [5, 5.41) is 1.03. The molecule has 90 valence electrons. The number of unbranched alkanes of at least 4 members (excludes halogenated alkanes) is 1. The molecule has 6 heteroatoms. The van der Waals surface area contributed by atoms with Gasteiger partial charge in [-0.25, -0.2) is 0 Å². The van der Waals surface area contributed by atoms with E-state index in [2.05, 4.69) is 6.92 Å². The van der Waals surface area contributed by atoms with Crippen molar-refractivity contribution in [3.05, 3.63) is 24.3 Å². The Kier molecular flexibility index (Phi) is 5.13. The third kappa shape index (κ3) is 4.44. The van der Waals surface area contributed by atoms with Crippen LogP contribution in [-0.2, 0) is 14.5 Å². The molecule has 0 unspecified atom stereocenters. The van der Waals surface area contributed by atoms with Crippen LogP contribution < -0.4 is 5.19 Å². The van der Waals surface area contributed by atoms with Gasteiger partial charge in [-0.05, 0) is 23.7 Å². The molecule has 0 atom stereocenters. The Morgan fingerprint density at radius 1 is 1.31 bits per heavy atom. The Hall–Kier alpha value is -0.693. The Morgan fingerprint density at radius 3 is 2.44 bits per heavy atom. The van der Waals surface area contributed by atoms with Gasteiger partial charge in [0.15, 0.2) is 9.76 Å². The monoisotopic (exact) mass is 260 g/mol. The van der Waals surface area contributed by atoms with Gasteiger partial charge in [0, 0.05) is 6.61 Å². The normalized spacial score (nSPS) is 12.4. The molecule has 0 saturated heterocycles. The van der Waals surface area contributed by atoms with E-state index in [1.165, 1.54) is 12.1 Å². The van der Waals surface area contributed by atoms with Crippen molar-refractivity contribution in [3.8, 4) is 0 Å². The van der Waals surface area contributed by atoms with E-state index in [0.29, 0.717) is 0 Å². The fraction of sp³-hybridized carbons (Fsp3) is 0.400. The van der Waals surface area contributed by atoms with Crippen LogP contribution in [-0.4, -0.2) is 29.3 Å². The van der Waals surface area contributed by atoms with E-state index in [0.717, 1.165) is 24.6 Å². The molecule has 0 aliphatic heterocycles.